The van der Waals surface area contributed by atoms with Crippen molar-refractivity contribution in [3.05, 3.63) is 172 Å². The van der Waals surface area contributed by atoms with Gasteiger partial charge in [0.2, 0.25) is 0 Å². The van der Waals surface area contributed by atoms with E-state index in [9.17, 15) is 26.3 Å². The third-order valence-corrected chi connectivity index (χ3v) is 11.0. The number of hydrogen-bond donors (Lipinski definition) is 0. The molecular formula is C49H33F6N3. The number of hydrogen-bond acceptors (Lipinski definition) is 0. The van der Waals surface area contributed by atoms with E-state index in [0.717, 1.165) is 78.0 Å². The molecule has 0 spiro atoms. The number of aryl methyl sites for hydroxylation is 4. The topological polar surface area (TPSA) is 14.2 Å². The molecule has 286 valence electrons. The fourth-order valence-electron chi connectivity index (χ4n) is 8.25. The molecule has 0 aliphatic rings. The molecule has 0 saturated carbocycles. The minimum atomic E-state index is -5.03. The first kappa shape index (κ1) is 36.8. The van der Waals surface area contributed by atoms with Crippen LogP contribution in [0, 0.1) is 34.3 Å². The minimum absolute atomic E-state index is 0.144. The molecule has 9 heteroatoms. The van der Waals surface area contributed by atoms with Crippen molar-refractivity contribution in [2.45, 2.75) is 40.0 Å². The second-order valence-electron chi connectivity index (χ2n) is 15.1. The zero-order chi connectivity index (χ0) is 40.8. The van der Waals surface area contributed by atoms with Crippen molar-refractivity contribution in [3.8, 4) is 33.6 Å². The van der Waals surface area contributed by atoms with Crippen molar-refractivity contribution in [2.75, 3.05) is 0 Å². The normalized spacial score (nSPS) is 12.3. The Morgan fingerprint density at radius 1 is 0.414 bits per heavy atom. The standard InChI is InChI=1S/C49H33F6N3/c1-27-6-12-36-37-13-7-28(2)19-45(37)57(44(36)18-27)42-16-10-31(32-22-33(48(50,51)52)25-34(23-32)49(53,54)55)24-40(42)41-26-35(56-5)11-17-43(41)58-46-20-29(3)8-14-38(46)39-15-9-30(4)21-47(39)58/h6-26H,1-4H3. The third-order valence-electron chi connectivity index (χ3n) is 11.0. The van der Waals surface area contributed by atoms with E-state index in [1.807, 2.05) is 58.0 Å². The van der Waals surface area contributed by atoms with Crippen molar-refractivity contribution >= 4 is 49.3 Å². The van der Waals surface area contributed by atoms with Gasteiger partial charge in [-0.15, -0.1) is 0 Å². The highest BCUT2D eigenvalue weighted by Crippen LogP contribution is 2.45. The van der Waals surface area contributed by atoms with Gasteiger partial charge in [-0.25, -0.2) is 4.85 Å². The zero-order valence-electron chi connectivity index (χ0n) is 31.7. The Morgan fingerprint density at radius 3 is 1.17 bits per heavy atom. The minimum Gasteiger partial charge on any atom is -0.309 e. The molecule has 7 aromatic carbocycles. The molecule has 0 N–H and O–H groups in total. The van der Waals surface area contributed by atoms with Crippen LogP contribution in [0.15, 0.2) is 127 Å². The summed E-state index contributed by atoms with van der Waals surface area (Å²) >= 11 is 0. The van der Waals surface area contributed by atoms with Crippen LogP contribution in [0.25, 0.3) is 82.1 Å². The predicted octanol–water partition coefficient (Wildman–Crippen LogP) is 15.0. The van der Waals surface area contributed by atoms with E-state index >= 15 is 0 Å². The summed E-state index contributed by atoms with van der Waals surface area (Å²) in [4.78, 5) is 3.79. The fourth-order valence-corrected chi connectivity index (χ4v) is 8.25. The van der Waals surface area contributed by atoms with Gasteiger partial charge >= 0.3 is 12.4 Å². The summed E-state index contributed by atoms with van der Waals surface area (Å²) in [6.07, 6.45) is -10.1. The van der Waals surface area contributed by atoms with Crippen molar-refractivity contribution in [1.82, 2.24) is 9.13 Å². The molecule has 2 aromatic heterocycles. The second kappa shape index (κ2) is 13.1. The first-order valence-corrected chi connectivity index (χ1v) is 18.6. The van der Waals surface area contributed by atoms with Gasteiger partial charge in [-0.1, -0.05) is 60.7 Å². The Morgan fingerprint density at radius 2 is 0.793 bits per heavy atom. The largest absolute Gasteiger partial charge is 0.416 e. The summed E-state index contributed by atoms with van der Waals surface area (Å²) in [5.74, 6) is 0. The van der Waals surface area contributed by atoms with Gasteiger partial charge in [0.25, 0.3) is 0 Å². The van der Waals surface area contributed by atoms with Gasteiger partial charge in [0, 0.05) is 27.1 Å². The lowest BCUT2D eigenvalue weighted by Crippen LogP contribution is -2.11. The fraction of sp³-hybridized carbons (Fsp3) is 0.122. The molecule has 2 heterocycles. The van der Waals surface area contributed by atoms with Gasteiger partial charge in [-0.05, 0) is 133 Å². The molecule has 0 atom stereocenters. The van der Waals surface area contributed by atoms with Crippen LogP contribution in [0.3, 0.4) is 0 Å². The number of halogens is 6. The van der Waals surface area contributed by atoms with Gasteiger partial charge in [0.1, 0.15) is 0 Å². The molecule has 9 rings (SSSR count). The highest BCUT2D eigenvalue weighted by Gasteiger charge is 2.37. The summed E-state index contributed by atoms with van der Waals surface area (Å²) in [7, 11) is 0. The maximum Gasteiger partial charge on any atom is 0.416 e. The molecule has 0 bridgehead atoms. The number of rotatable bonds is 4. The second-order valence-corrected chi connectivity index (χ2v) is 15.1. The van der Waals surface area contributed by atoms with Crippen LogP contribution in [0.4, 0.5) is 32.0 Å². The smallest absolute Gasteiger partial charge is 0.309 e. The lowest BCUT2D eigenvalue weighted by molar-refractivity contribution is -0.143. The third kappa shape index (κ3) is 6.08. The Labute approximate surface area is 329 Å². The Kier molecular flexibility index (Phi) is 8.34. The lowest BCUT2D eigenvalue weighted by Gasteiger charge is -2.21. The summed E-state index contributed by atoms with van der Waals surface area (Å²) in [5.41, 5.74) is 7.46. The quantitative estimate of drug-likeness (QED) is 0.125. The van der Waals surface area contributed by atoms with E-state index in [2.05, 4.69) is 62.5 Å². The highest BCUT2D eigenvalue weighted by molar-refractivity contribution is 6.12. The van der Waals surface area contributed by atoms with Crippen LogP contribution in [-0.2, 0) is 12.4 Å². The SMILES string of the molecule is [C-]#[N+]c1ccc(-n2c3cc(C)ccc3c3ccc(C)cc32)c(-c2cc(-c3cc(C(F)(F)F)cc(C(F)(F)F)c3)ccc2-n2c3cc(C)ccc3c3ccc(C)cc32)c1. The average Bonchev–Trinajstić information content (AvgIpc) is 3.66. The molecule has 0 radical (unpaired) electrons. The maximum absolute atomic E-state index is 14.2. The Balaban J connectivity index is 1.45. The van der Waals surface area contributed by atoms with Crippen LogP contribution in [-0.4, -0.2) is 9.13 Å². The predicted molar refractivity (Wildman–Crippen MR) is 221 cm³/mol. The zero-order valence-corrected chi connectivity index (χ0v) is 31.7. The monoisotopic (exact) mass is 777 g/mol. The van der Waals surface area contributed by atoms with Crippen LogP contribution >= 0.6 is 0 Å². The number of aromatic nitrogens is 2. The van der Waals surface area contributed by atoms with E-state index in [1.54, 1.807) is 30.3 Å². The Bertz CT molecular complexity index is 3060. The molecular weight excluding hydrogens is 745 g/mol. The summed E-state index contributed by atoms with van der Waals surface area (Å²) in [6, 6.07) is 36.8. The van der Waals surface area contributed by atoms with Crippen LogP contribution in [0.1, 0.15) is 33.4 Å². The summed E-state index contributed by atoms with van der Waals surface area (Å²) in [5, 5.41) is 3.97. The average molecular weight is 778 g/mol. The van der Waals surface area contributed by atoms with Crippen molar-refractivity contribution in [1.29, 1.82) is 0 Å². The molecule has 0 saturated heterocycles. The number of alkyl halides is 6. The first-order chi connectivity index (χ1) is 27.6. The van der Waals surface area contributed by atoms with E-state index < -0.39 is 23.5 Å². The number of fused-ring (bicyclic) bond motifs is 6. The van der Waals surface area contributed by atoms with Gasteiger partial charge in [-0.2, -0.15) is 26.3 Å². The number of benzene rings is 7. The highest BCUT2D eigenvalue weighted by atomic mass is 19.4. The molecule has 58 heavy (non-hydrogen) atoms. The van der Waals surface area contributed by atoms with Gasteiger partial charge < -0.3 is 9.13 Å². The first-order valence-electron chi connectivity index (χ1n) is 18.6. The molecule has 0 aliphatic carbocycles. The molecule has 0 unspecified atom stereocenters. The van der Waals surface area contributed by atoms with Crippen molar-refractivity contribution in [2.24, 2.45) is 0 Å². The van der Waals surface area contributed by atoms with Crippen molar-refractivity contribution in [3.63, 3.8) is 0 Å². The van der Waals surface area contributed by atoms with E-state index in [0.29, 0.717) is 28.2 Å². The maximum atomic E-state index is 14.2. The van der Waals surface area contributed by atoms with Crippen LogP contribution in [0.2, 0.25) is 0 Å². The van der Waals surface area contributed by atoms with E-state index in [-0.39, 0.29) is 17.2 Å². The van der Waals surface area contributed by atoms with Crippen molar-refractivity contribution < 1.29 is 26.3 Å². The molecule has 9 aromatic rings. The van der Waals surface area contributed by atoms with Gasteiger partial charge in [-0.3, -0.25) is 0 Å². The van der Waals surface area contributed by atoms with Crippen LogP contribution < -0.4 is 0 Å². The molecule has 0 amide bonds. The van der Waals surface area contributed by atoms with Gasteiger partial charge in [0.05, 0.1) is 51.1 Å². The van der Waals surface area contributed by atoms with Gasteiger partial charge in [0.15, 0.2) is 5.69 Å². The summed E-state index contributed by atoms with van der Waals surface area (Å²) in [6.45, 7) is 16.1. The van der Waals surface area contributed by atoms with E-state index in [4.69, 9.17) is 6.57 Å². The molecule has 0 aliphatic heterocycles. The van der Waals surface area contributed by atoms with E-state index in [1.165, 1.54) is 0 Å². The number of nitrogens with zero attached hydrogens (tertiary/aromatic N) is 3. The Hall–Kier alpha value is -6.79. The molecule has 3 nitrogen and oxygen atoms in total. The van der Waals surface area contributed by atoms with Crippen LogP contribution in [0.5, 0.6) is 0 Å². The molecule has 0 fully saturated rings. The lowest BCUT2D eigenvalue weighted by atomic mass is 9.93. The summed E-state index contributed by atoms with van der Waals surface area (Å²) < 4.78 is 89.5.